The Hall–Kier alpha value is -2.64. The summed E-state index contributed by atoms with van der Waals surface area (Å²) in [6, 6.07) is 6.53. The molecule has 17 heavy (non-hydrogen) atoms. The molecule has 0 aliphatic carbocycles. The van der Waals surface area contributed by atoms with E-state index in [1.807, 2.05) is 0 Å². The summed E-state index contributed by atoms with van der Waals surface area (Å²) in [5.41, 5.74) is 6.79. The molecule has 1 aromatic carbocycles. The third-order valence-electron chi connectivity index (χ3n) is 1.94. The Morgan fingerprint density at radius 1 is 1.47 bits per heavy atom. The maximum Gasteiger partial charge on any atom is 0.319 e. The lowest BCUT2D eigenvalue weighted by Gasteiger charge is -2.06. The maximum absolute atomic E-state index is 11.5. The van der Waals surface area contributed by atoms with Crippen molar-refractivity contribution in [1.82, 2.24) is 25.9 Å². The molecular formula is C9H11N7O. The van der Waals surface area contributed by atoms with Crippen LogP contribution in [0.3, 0.4) is 0 Å². The molecule has 0 bridgehead atoms. The van der Waals surface area contributed by atoms with Crippen LogP contribution in [0.25, 0.3) is 0 Å². The van der Waals surface area contributed by atoms with Crippen LogP contribution in [0, 0.1) is 0 Å². The van der Waals surface area contributed by atoms with E-state index in [2.05, 4.69) is 31.3 Å². The normalized spacial score (nSPS) is 9.88. The smallest absolute Gasteiger partial charge is 0.319 e. The van der Waals surface area contributed by atoms with E-state index in [1.54, 1.807) is 24.3 Å². The molecule has 0 unspecified atom stereocenters. The van der Waals surface area contributed by atoms with Crippen LogP contribution in [0.15, 0.2) is 24.3 Å². The van der Waals surface area contributed by atoms with Crippen molar-refractivity contribution in [3.8, 4) is 0 Å². The van der Waals surface area contributed by atoms with Crippen LogP contribution in [0.2, 0.25) is 0 Å². The van der Waals surface area contributed by atoms with Gasteiger partial charge >= 0.3 is 6.03 Å². The highest BCUT2D eigenvalue weighted by atomic mass is 16.2. The molecule has 0 saturated heterocycles. The summed E-state index contributed by atoms with van der Waals surface area (Å²) in [5, 5.41) is 18.3. The first-order chi connectivity index (χ1) is 8.24. The van der Waals surface area contributed by atoms with Gasteiger partial charge in [0.2, 0.25) is 0 Å². The molecule has 8 heteroatoms. The van der Waals surface area contributed by atoms with Gasteiger partial charge in [-0.25, -0.2) is 4.79 Å². The van der Waals surface area contributed by atoms with Crippen LogP contribution >= 0.6 is 0 Å². The van der Waals surface area contributed by atoms with Crippen LogP contribution in [-0.2, 0) is 6.54 Å². The number of hydrogen-bond acceptors (Lipinski definition) is 5. The number of amides is 2. The van der Waals surface area contributed by atoms with E-state index in [4.69, 9.17) is 5.73 Å². The standard InChI is InChI=1S/C9H11N7O/c10-6-2-1-3-7(4-6)12-9(17)11-5-8-13-15-16-14-8/h1-4H,5,10H2,(H2,11,12,17)(H,13,14,15,16). The number of nitrogen functional groups attached to an aromatic ring is 1. The third kappa shape index (κ3) is 3.16. The minimum absolute atomic E-state index is 0.199. The molecular weight excluding hydrogens is 222 g/mol. The van der Waals surface area contributed by atoms with Crippen molar-refractivity contribution in [2.75, 3.05) is 11.1 Å². The summed E-state index contributed by atoms with van der Waals surface area (Å²) in [6.45, 7) is 0.199. The van der Waals surface area contributed by atoms with E-state index in [-0.39, 0.29) is 12.6 Å². The number of rotatable bonds is 3. The summed E-state index contributed by atoms with van der Waals surface area (Å²) >= 11 is 0. The van der Waals surface area contributed by atoms with Crippen molar-refractivity contribution in [2.45, 2.75) is 6.54 Å². The highest BCUT2D eigenvalue weighted by molar-refractivity contribution is 5.89. The Morgan fingerprint density at radius 2 is 2.35 bits per heavy atom. The van der Waals surface area contributed by atoms with E-state index >= 15 is 0 Å². The Balaban J connectivity index is 1.85. The Labute approximate surface area is 96.6 Å². The lowest BCUT2D eigenvalue weighted by Crippen LogP contribution is -2.28. The molecule has 5 N–H and O–H groups in total. The Morgan fingerprint density at radius 3 is 3.06 bits per heavy atom. The number of urea groups is 1. The molecule has 2 rings (SSSR count). The lowest BCUT2D eigenvalue weighted by atomic mass is 10.3. The average Bonchev–Trinajstić information content (AvgIpc) is 2.79. The number of H-pyrrole nitrogens is 1. The van der Waals surface area contributed by atoms with Crippen LogP contribution in [0.1, 0.15) is 5.82 Å². The molecule has 0 fully saturated rings. The van der Waals surface area contributed by atoms with Gasteiger partial charge in [-0.3, -0.25) is 0 Å². The van der Waals surface area contributed by atoms with Crippen LogP contribution in [0.5, 0.6) is 0 Å². The molecule has 2 aromatic rings. The number of carbonyl (C=O) groups is 1. The first-order valence-corrected chi connectivity index (χ1v) is 4.87. The number of aromatic nitrogens is 4. The van der Waals surface area contributed by atoms with Crippen LogP contribution in [0.4, 0.5) is 16.2 Å². The zero-order valence-corrected chi connectivity index (χ0v) is 8.84. The number of nitrogens with two attached hydrogens (primary N) is 1. The molecule has 1 heterocycles. The predicted octanol–water partition coefficient (Wildman–Crippen LogP) is 0.104. The van der Waals surface area contributed by atoms with Gasteiger partial charge in [0.1, 0.15) is 0 Å². The van der Waals surface area contributed by atoms with Crippen molar-refractivity contribution >= 4 is 17.4 Å². The molecule has 8 nitrogen and oxygen atoms in total. The van der Waals surface area contributed by atoms with Gasteiger partial charge in [-0.1, -0.05) is 11.3 Å². The number of tetrazole rings is 1. The fraction of sp³-hybridized carbons (Fsp3) is 0.111. The summed E-state index contributed by atoms with van der Waals surface area (Å²) in [5.74, 6) is 0.410. The van der Waals surface area contributed by atoms with Crippen molar-refractivity contribution in [3.05, 3.63) is 30.1 Å². The average molecular weight is 233 g/mol. The molecule has 0 atom stereocenters. The van der Waals surface area contributed by atoms with Gasteiger partial charge in [0, 0.05) is 11.4 Å². The summed E-state index contributed by atoms with van der Waals surface area (Å²) in [7, 11) is 0. The topological polar surface area (TPSA) is 122 Å². The van der Waals surface area contributed by atoms with Gasteiger partial charge < -0.3 is 16.4 Å². The lowest BCUT2D eigenvalue weighted by molar-refractivity contribution is 0.251. The molecule has 0 aliphatic rings. The predicted molar refractivity (Wildman–Crippen MR) is 60.9 cm³/mol. The number of nitrogens with one attached hydrogen (secondary N) is 3. The van der Waals surface area contributed by atoms with Crippen molar-refractivity contribution in [3.63, 3.8) is 0 Å². The summed E-state index contributed by atoms with van der Waals surface area (Å²) in [6.07, 6.45) is 0. The SMILES string of the molecule is Nc1cccc(NC(=O)NCc2nn[nH]n2)c1. The summed E-state index contributed by atoms with van der Waals surface area (Å²) in [4.78, 5) is 11.5. The van der Waals surface area contributed by atoms with Crippen molar-refractivity contribution in [1.29, 1.82) is 0 Å². The first-order valence-electron chi connectivity index (χ1n) is 4.87. The van der Waals surface area contributed by atoms with E-state index in [1.165, 1.54) is 0 Å². The number of aromatic amines is 1. The molecule has 88 valence electrons. The summed E-state index contributed by atoms with van der Waals surface area (Å²) < 4.78 is 0. The van der Waals surface area contributed by atoms with Crippen molar-refractivity contribution < 1.29 is 4.79 Å². The Bertz CT molecular complexity index is 496. The highest BCUT2D eigenvalue weighted by Gasteiger charge is 2.03. The van der Waals surface area contributed by atoms with Gasteiger partial charge in [0.05, 0.1) is 6.54 Å². The number of carbonyl (C=O) groups excluding carboxylic acids is 1. The number of benzene rings is 1. The third-order valence-corrected chi connectivity index (χ3v) is 1.94. The Kier molecular flexibility index (Phi) is 3.15. The zero-order valence-electron chi connectivity index (χ0n) is 8.84. The molecule has 1 aromatic heterocycles. The molecule has 0 radical (unpaired) electrons. The minimum atomic E-state index is -0.361. The highest BCUT2D eigenvalue weighted by Crippen LogP contribution is 2.11. The largest absolute Gasteiger partial charge is 0.399 e. The fourth-order valence-corrected chi connectivity index (χ4v) is 1.21. The van der Waals surface area contributed by atoms with Crippen LogP contribution in [-0.4, -0.2) is 26.7 Å². The van der Waals surface area contributed by atoms with Crippen LogP contribution < -0.4 is 16.4 Å². The maximum atomic E-state index is 11.5. The molecule has 0 aliphatic heterocycles. The monoisotopic (exact) mass is 233 g/mol. The fourth-order valence-electron chi connectivity index (χ4n) is 1.21. The zero-order chi connectivity index (χ0) is 12.1. The molecule has 0 saturated carbocycles. The number of anilines is 2. The number of nitrogens with zero attached hydrogens (tertiary/aromatic N) is 3. The van der Waals surface area contributed by atoms with Gasteiger partial charge in [0.15, 0.2) is 5.82 Å². The minimum Gasteiger partial charge on any atom is -0.399 e. The first kappa shape index (κ1) is 10.9. The second-order valence-electron chi connectivity index (χ2n) is 3.26. The van der Waals surface area contributed by atoms with Gasteiger partial charge in [-0.05, 0) is 18.2 Å². The molecule has 0 spiro atoms. The van der Waals surface area contributed by atoms with E-state index in [0.29, 0.717) is 17.2 Å². The van der Waals surface area contributed by atoms with E-state index in [9.17, 15) is 4.79 Å². The van der Waals surface area contributed by atoms with E-state index in [0.717, 1.165) is 0 Å². The van der Waals surface area contributed by atoms with Crippen molar-refractivity contribution in [2.24, 2.45) is 0 Å². The second kappa shape index (κ2) is 4.92. The van der Waals surface area contributed by atoms with Gasteiger partial charge in [0.25, 0.3) is 0 Å². The number of hydrogen-bond donors (Lipinski definition) is 4. The second-order valence-corrected chi connectivity index (χ2v) is 3.26. The van der Waals surface area contributed by atoms with E-state index < -0.39 is 0 Å². The van der Waals surface area contributed by atoms with Gasteiger partial charge in [-0.15, -0.1) is 10.2 Å². The quantitative estimate of drug-likeness (QED) is 0.560. The molecule has 2 amide bonds. The van der Waals surface area contributed by atoms with Gasteiger partial charge in [-0.2, -0.15) is 5.21 Å².